The minimum atomic E-state index is 0.159. The van der Waals surface area contributed by atoms with Crippen molar-refractivity contribution in [2.45, 2.75) is 101 Å². The summed E-state index contributed by atoms with van der Waals surface area (Å²) in [5, 5.41) is 3.85. The van der Waals surface area contributed by atoms with E-state index in [4.69, 9.17) is 0 Å². The number of nitrogens with zero attached hydrogens (tertiary/aromatic N) is 2. The normalized spacial score (nSPS) is 34.3. The molecule has 152 valence electrons. The average Bonchev–Trinajstić information content (AvgIpc) is 2.60. The van der Waals surface area contributed by atoms with E-state index in [2.05, 4.69) is 34.0 Å². The van der Waals surface area contributed by atoms with Crippen molar-refractivity contribution < 1.29 is 0 Å². The fourth-order valence-electron chi connectivity index (χ4n) is 6.16. The van der Waals surface area contributed by atoms with Gasteiger partial charge in [-0.15, -0.1) is 6.58 Å². The zero-order chi connectivity index (χ0) is 18.5. The fraction of sp³-hybridized carbons (Fsp3) is 0.833. The van der Waals surface area contributed by atoms with Gasteiger partial charge in [0, 0.05) is 31.4 Å². The summed E-state index contributed by atoms with van der Waals surface area (Å²) in [4.78, 5) is 5.62. The van der Waals surface area contributed by atoms with Crippen molar-refractivity contribution >= 4 is 0 Å². The predicted octanol–water partition coefficient (Wildman–Crippen LogP) is 4.85. The van der Waals surface area contributed by atoms with Gasteiger partial charge in [0.1, 0.15) is 0 Å². The van der Waals surface area contributed by atoms with Crippen LogP contribution in [-0.2, 0) is 0 Å². The second-order valence-electron chi connectivity index (χ2n) is 9.47. The third-order valence-corrected chi connectivity index (χ3v) is 7.82. The SMILES string of the molecule is C=CCC1(C2=CN3CCC3CC2)CNCCCCN1C1CCCCCCC1. The Morgan fingerprint density at radius 2 is 1.78 bits per heavy atom. The zero-order valence-corrected chi connectivity index (χ0v) is 17.4. The summed E-state index contributed by atoms with van der Waals surface area (Å²) in [6.45, 7) is 9.05. The molecule has 0 aromatic carbocycles. The summed E-state index contributed by atoms with van der Waals surface area (Å²) in [5.74, 6) is 0. The van der Waals surface area contributed by atoms with Crippen molar-refractivity contribution in [3.63, 3.8) is 0 Å². The van der Waals surface area contributed by atoms with Gasteiger partial charge < -0.3 is 10.2 Å². The molecular weight excluding hydrogens is 330 g/mol. The van der Waals surface area contributed by atoms with Crippen molar-refractivity contribution in [1.82, 2.24) is 15.1 Å². The molecule has 1 aliphatic carbocycles. The Morgan fingerprint density at radius 3 is 2.48 bits per heavy atom. The molecule has 0 spiro atoms. The molecule has 3 fully saturated rings. The second-order valence-corrected chi connectivity index (χ2v) is 9.47. The van der Waals surface area contributed by atoms with E-state index in [9.17, 15) is 0 Å². The number of fused-ring (bicyclic) bond motifs is 1. The van der Waals surface area contributed by atoms with Gasteiger partial charge in [-0.05, 0) is 70.0 Å². The van der Waals surface area contributed by atoms with Gasteiger partial charge in [-0.1, -0.05) is 38.2 Å². The maximum atomic E-state index is 4.21. The van der Waals surface area contributed by atoms with Crippen molar-refractivity contribution in [2.24, 2.45) is 0 Å². The van der Waals surface area contributed by atoms with E-state index in [0.29, 0.717) is 0 Å². The van der Waals surface area contributed by atoms with Crippen LogP contribution in [0.3, 0.4) is 0 Å². The zero-order valence-electron chi connectivity index (χ0n) is 17.4. The quantitative estimate of drug-likeness (QED) is 0.713. The lowest BCUT2D eigenvalue weighted by Crippen LogP contribution is -2.62. The van der Waals surface area contributed by atoms with Crippen LogP contribution in [0.15, 0.2) is 24.4 Å². The van der Waals surface area contributed by atoms with E-state index in [1.54, 1.807) is 5.57 Å². The molecule has 0 aromatic rings. The molecule has 2 saturated heterocycles. The van der Waals surface area contributed by atoms with Gasteiger partial charge in [0.25, 0.3) is 0 Å². The molecule has 0 amide bonds. The van der Waals surface area contributed by atoms with E-state index in [0.717, 1.165) is 25.0 Å². The highest BCUT2D eigenvalue weighted by Gasteiger charge is 2.44. The molecule has 3 nitrogen and oxygen atoms in total. The molecule has 1 N–H and O–H groups in total. The summed E-state index contributed by atoms with van der Waals surface area (Å²) >= 11 is 0. The van der Waals surface area contributed by atoms with Crippen LogP contribution in [-0.4, -0.2) is 53.6 Å². The van der Waals surface area contributed by atoms with Gasteiger partial charge in [0.15, 0.2) is 0 Å². The van der Waals surface area contributed by atoms with Crippen molar-refractivity contribution in [3.8, 4) is 0 Å². The molecular formula is C24H41N3. The third-order valence-electron chi connectivity index (χ3n) is 7.82. The minimum absolute atomic E-state index is 0.159. The van der Waals surface area contributed by atoms with Crippen LogP contribution in [0.2, 0.25) is 0 Å². The van der Waals surface area contributed by atoms with Gasteiger partial charge in [0.05, 0.1) is 5.54 Å². The van der Waals surface area contributed by atoms with Gasteiger partial charge in [0.2, 0.25) is 0 Å². The topological polar surface area (TPSA) is 18.5 Å². The van der Waals surface area contributed by atoms with Crippen molar-refractivity contribution in [2.75, 3.05) is 26.2 Å². The smallest absolute Gasteiger partial charge is 0.0599 e. The van der Waals surface area contributed by atoms with Gasteiger partial charge in [-0.3, -0.25) is 4.90 Å². The van der Waals surface area contributed by atoms with Gasteiger partial charge in [-0.2, -0.15) is 0 Å². The van der Waals surface area contributed by atoms with E-state index < -0.39 is 0 Å². The highest BCUT2D eigenvalue weighted by Crippen LogP contribution is 2.41. The number of rotatable bonds is 4. The van der Waals surface area contributed by atoms with Crippen LogP contribution in [0.4, 0.5) is 0 Å². The van der Waals surface area contributed by atoms with Gasteiger partial charge >= 0.3 is 0 Å². The average molecular weight is 372 g/mol. The first-order valence-corrected chi connectivity index (χ1v) is 11.9. The summed E-state index contributed by atoms with van der Waals surface area (Å²) < 4.78 is 0. The van der Waals surface area contributed by atoms with Crippen LogP contribution in [0.1, 0.15) is 83.5 Å². The number of hydrogen-bond acceptors (Lipinski definition) is 3. The van der Waals surface area contributed by atoms with Crippen molar-refractivity contribution in [3.05, 3.63) is 24.4 Å². The molecule has 3 heteroatoms. The van der Waals surface area contributed by atoms with Crippen LogP contribution in [0, 0.1) is 0 Å². The Balaban J connectivity index is 1.66. The molecule has 27 heavy (non-hydrogen) atoms. The van der Waals surface area contributed by atoms with Crippen LogP contribution in [0.25, 0.3) is 0 Å². The second kappa shape index (κ2) is 9.13. The molecule has 1 saturated carbocycles. The molecule has 3 aliphatic heterocycles. The van der Waals surface area contributed by atoms with Crippen molar-refractivity contribution in [1.29, 1.82) is 0 Å². The molecule has 4 rings (SSSR count). The number of nitrogens with one attached hydrogen (secondary N) is 1. The fourth-order valence-corrected chi connectivity index (χ4v) is 6.16. The summed E-state index contributed by atoms with van der Waals surface area (Å²) in [6.07, 6.45) is 22.6. The lowest BCUT2D eigenvalue weighted by atomic mass is 9.76. The van der Waals surface area contributed by atoms with E-state index >= 15 is 0 Å². The maximum Gasteiger partial charge on any atom is 0.0599 e. The monoisotopic (exact) mass is 371 g/mol. The minimum Gasteiger partial charge on any atom is -0.374 e. The maximum absolute atomic E-state index is 4.21. The molecule has 4 aliphatic rings. The molecule has 2 unspecified atom stereocenters. The molecule has 2 atom stereocenters. The van der Waals surface area contributed by atoms with Crippen LogP contribution < -0.4 is 5.32 Å². The molecule has 3 heterocycles. The summed E-state index contributed by atoms with van der Waals surface area (Å²) in [6, 6.07) is 1.60. The van der Waals surface area contributed by atoms with E-state index in [-0.39, 0.29) is 5.54 Å². The highest BCUT2D eigenvalue weighted by molar-refractivity contribution is 5.27. The summed E-state index contributed by atoms with van der Waals surface area (Å²) in [7, 11) is 0. The largest absolute Gasteiger partial charge is 0.374 e. The Morgan fingerprint density at radius 1 is 0.963 bits per heavy atom. The lowest BCUT2D eigenvalue weighted by Gasteiger charge is -2.54. The molecule has 0 radical (unpaired) electrons. The Hall–Kier alpha value is -0.800. The molecule has 0 aromatic heterocycles. The highest BCUT2D eigenvalue weighted by atomic mass is 15.3. The van der Waals surface area contributed by atoms with Crippen LogP contribution in [0.5, 0.6) is 0 Å². The number of hydrogen-bond donors (Lipinski definition) is 1. The first-order valence-electron chi connectivity index (χ1n) is 11.9. The Bertz CT molecular complexity index is 520. The first-order chi connectivity index (χ1) is 13.3. The standard InChI is InChI=1S/C24H41N3/c1-2-15-24(21-12-13-22-14-18-26(22)19-21)20-25-16-8-9-17-27(24)23-10-6-4-3-5-7-11-23/h2,19,22-23,25H,1,3-18,20H2. The Labute approximate surface area is 167 Å². The van der Waals surface area contributed by atoms with E-state index in [1.165, 1.54) is 96.7 Å². The Kier molecular flexibility index (Phi) is 6.60. The first kappa shape index (κ1) is 19.5. The summed E-state index contributed by atoms with van der Waals surface area (Å²) in [5.41, 5.74) is 1.86. The lowest BCUT2D eigenvalue weighted by molar-refractivity contribution is 0.0346. The molecule has 0 bridgehead atoms. The van der Waals surface area contributed by atoms with Crippen LogP contribution >= 0.6 is 0 Å². The third kappa shape index (κ3) is 4.15. The predicted molar refractivity (Wildman–Crippen MR) is 115 cm³/mol. The van der Waals surface area contributed by atoms with E-state index in [1.807, 2.05) is 0 Å². The van der Waals surface area contributed by atoms with Gasteiger partial charge in [-0.25, -0.2) is 0 Å².